The summed E-state index contributed by atoms with van der Waals surface area (Å²) in [7, 11) is 0. The first-order chi connectivity index (χ1) is 11.8. The van der Waals surface area contributed by atoms with E-state index in [2.05, 4.69) is 10.3 Å². The SMILES string of the molecule is N#Cc1ccc(Oc2ncccc2OC[C@H]2CCCNC2)cc1F. The molecular weight excluding hydrogens is 309 g/mol. The topological polar surface area (TPSA) is 67.2 Å². The Morgan fingerprint density at radius 2 is 2.29 bits per heavy atom. The minimum Gasteiger partial charge on any atom is -0.488 e. The van der Waals surface area contributed by atoms with Gasteiger partial charge in [0.25, 0.3) is 5.88 Å². The van der Waals surface area contributed by atoms with Crippen molar-refractivity contribution in [3.05, 3.63) is 47.9 Å². The number of rotatable bonds is 5. The summed E-state index contributed by atoms with van der Waals surface area (Å²) in [6.45, 7) is 2.58. The Hall–Kier alpha value is -2.65. The number of ether oxygens (including phenoxy) is 2. The molecular formula is C18H18FN3O2. The van der Waals surface area contributed by atoms with E-state index in [4.69, 9.17) is 14.7 Å². The number of aromatic nitrogens is 1. The van der Waals surface area contributed by atoms with Gasteiger partial charge in [-0.05, 0) is 43.7 Å². The second-order valence-corrected chi connectivity index (χ2v) is 5.69. The summed E-state index contributed by atoms with van der Waals surface area (Å²) in [5, 5.41) is 12.1. The van der Waals surface area contributed by atoms with Crippen molar-refractivity contribution in [3.63, 3.8) is 0 Å². The van der Waals surface area contributed by atoms with Crippen LogP contribution in [0.3, 0.4) is 0 Å². The minimum absolute atomic E-state index is 0.0235. The fraction of sp³-hybridized carbons (Fsp3) is 0.333. The van der Waals surface area contributed by atoms with Crippen molar-refractivity contribution in [1.29, 1.82) is 5.26 Å². The molecule has 0 unspecified atom stereocenters. The maximum atomic E-state index is 13.7. The van der Waals surface area contributed by atoms with Crippen LogP contribution in [0.5, 0.6) is 17.4 Å². The monoisotopic (exact) mass is 327 g/mol. The average molecular weight is 327 g/mol. The molecule has 1 aromatic carbocycles. The number of nitrogens with one attached hydrogen (secondary N) is 1. The first-order valence-corrected chi connectivity index (χ1v) is 7.92. The molecule has 0 saturated carbocycles. The molecule has 0 aliphatic carbocycles. The largest absolute Gasteiger partial charge is 0.488 e. The lowest BCUT2D eigenvalue weighted by atomic mass is 10.0. The average Bonchev–Trinajstić information content (AvgIpc) is 2.62. The summed E-state index contributed by atoms with van der Waals surface area (Å²) in [4.78, 5) is 4.16. The van der Waals surface area contributed by atoms with E-state index in [1.807, 2.05) is 0 Å². The van der Waals surface area contributed by atoms with Crippen LogP contribution in [-0.4, -0.2) is 24.7 Å². The van der Waals surface area contributed by atoms with Crippen LogP contribution in [0.2, 0.25) is 0 Å². The predicted octanol–water partition coefficient (Wildman–Crippen LogP) is 3.26. The molecule has 1 saturated heterocycles. The Labute approximate surface area is 140 Å². The second-order valence-electron chi connectivity index (χ2n) is 5.69. The Balaban J connectivity index is 1.69. The molecule has 3 rings (SSSR count). The van der Waals surface area contributed by atoms with Crippen LogP contribution >= 0.6 is 0 Å². The molecule has 0 spiro atoms. The molecule has 6 heteroatoms. The quantitative estimate of drug-likeness (QED) is 0.913. The van der Waals surface area contributed by atoms with E-state index in [0.717, 1.165) is 25.9 Å². The van der Waals surface area contributed by atoms with Crippen molar-refractivity contribution >= 4 is 0 Å². The first-order valence-electron chi connectivity index (χ1n) is 7.92. The van der Waals surface area contributed by atoms with Gasteiger partial charge in [-0.25, -0.2) is 9.37 Å². The van der Waals surface area contributed by atoms with Gasteiger partial charge in [0.15, 0.2) is 5.75 Å². The van der Waals surface area contributed by atoms with Crippen LogP contribution < -0.4 is 14.8 Å². The van der Waals surface area contributed by atoms with Gasteiger partial charge < -0.3 is 14.8 Å². The standard InChI is InChI=1S/C18H18FN3O2/c19-16-9-15(6-5-14(16)10-20)24-18-17(4-2-8-22-18)23-12-13-3-1-7-21-11-13/h2,4-6,8-9,13,21H,1,3,7,11-12H2/t13-/m0/s1. The van der Waals surface area contributed by atoms with E-state index in [1.54, 1.807) is 24.4 Å². The summed E-state index contributed by atoms with van der Waals surface area (Å²) in [5.74, 6) is 0.911. The highest BCUT2D eigenvalue weighted by molar-refractivity contribution is 5.40. The van der Waals surface area contributed by atoms with Gasteiger partial charge in [0.05, 0.1) is 12.2 Å². The predicted molar refractivity (Wildman–Crippen MR) is 86.5 cm³/mol. The summed E-state index contributed by atoms with van der Waals surface area (Å²) in [5.41, 5.74) is -0.0235. The molecule has 1 fully saturated rings. The molecule has 24 heavy (non-hydrogen) atoms. The van der Waals surface area contributed by atoms with Gasteiger partial charge >= 0.3 is 0 Å². The zero-order valence-electron chi connectivity index (χ0n) is 13.2. The molecule has 5 nitrogen and oxygen atoms in total. The summed E-state index contributed by atoms with van der Waals surface area (Å²) < 4.78 is 25.2. The molecule has 2 aromatic rings. The van der Waals surface area contributed by atoms with E-state index < -0.39 is 5.82 Å². The van der Waals surface area contributed by atoms with Crippen LogP contribution in [-0.2, 0) is 0 Å². The van der Waals surface area contributed by atoms with E-state index >= 15 is 0 Å². The molecule has 1 N–H and O–H groups in total. The highest BCUT2D eigenvalue weighted by atomic mass is 19.1. The molecule has 0 bridgehead atoms. The molecule has 124 valence electrons. The van der Waals surface area contributed by atoms with Gasteiger partial charge in [0.2, 0.25) is 0 Å². The Morgan fingerprint density at radius 3 is 3.04 bits per heavy atom. The maximum absolute atomic E-state index is 13.7. The van der Waals surface area contributed by atoms with Gasteiger partial charge in [-0.15, -0.1) is 0 Å². The fourth-order valence-corrected chi connectivity index (χ4v) is 2.60. The Morgan fingerprint density at radius 1 is 1.38 bits per heavy atom. The number of nitrogens with zero attached hydrogens (tertiary/aromatic N) is 2. The van der Waals surface area contributed by atoms with Crippen molar-refractivity contribution in [1.82, 2.24) is 10.3 Å². The zero-order chi connectivity index (χ0) is 16.8. The number of piperidine rings is 1. The number of hydrogen-bond acceptors (Lipinski definition) is 5. The smallest absolute Gasteiger partial charge is 0.262 e. The molecule has 1 aromatic heterocycles. The highest BCUT2D eigenvalue weighted by Crippen LogP contribution is 2.30. The Kier molecular flexibility index (Phi) is 5.24. The minimum atomic E-state index is -0.623. The summed E-state index contributed by atoms with van der Waals surface area (Å²) in [6, 6.07) is 9.40. The van der Waals surface area contributed by atoms with E-state index in [-0.39, 0.29) is 17.2 Å². The van der Waals surface area contributed by atoms with Crippen molar-refractivity contribution < 1.29 is 13.9 Å². The Bertz CT molecular complexity index is 739. The number of hydrogen-bond donors (Lipinski definition) is 1. The molecule has 0 radical (unpaired) electrons. The van der Waals surface area contributed by atoms with Crippen LogP contribution in [0.4, 0.5) is 4.39 Å². The van der Waals surface area contributed by atoms with Crippen molar-refractivity contribution in [2.24, 2.45) is 5.92 Å². The second kappa shape index (κ2) is 7.75. The number of halogens is 1. The molecule has 0 amide bonds. The van der Waals surface area contributed by atoms with E-state index in [1.165, 1.54) is 18.2 Å². The third-order valence-corrected chi connectivity index (χ3v) is 3.89. The van der Waals surface area contributed by atoms with Crippen molar-refractivity contribution in [2.75, 3.05) is 19.7 Å². The third kappa shape index (κ3) is 4.00. The van der Waals surface area contributed by atoms with E-state index in [9.17, 15) is 4.39 Å². The molecule has 1 atom stereocenters. The molecule has 2 heterocycles. The molecule has 1 aliphatic rings. The lowest BCUT2D eigenvalue weighted by Gasteiger charge is -2.23. The normalized spacial score (nSPS) is 17.1. The number of nitriles is 1. The van der Waals surface area contributed by atoms with Crippen LogP contribution in [0.1, 0.15) is 18.4 Å². The van der Waals surface area contributed by atoms with Crippen molar-refractivity contribution in [2.45, 2.75) is 12.8 Å². The van der Waals surface area contributed by atoms with E-state index in [0.29, 0.717) is 18.3 Å². The first kappa shape index (κ1) is 16.2. The van der Waals surface area contributed by atoms with Gasteiger partial charge in [-0.1, -0.05) is 0 Å². The fourth-order valence-electron chi connectivity index (χ4n) is 2.60. The lowest BCUT2D eigenvalue weighted by Crippen LogP contribution is -2.33. The number of pyridine rings is 1. The van der Waals surface area contributed by atoms with Crippen LogP contribution in [0, 0.1) is 23.1 Å². The van der Waals surface area contributed by atoms with Crippen LogP contribution in [0.15, 0.2) is 36.5 Å². The van der Waals surface area contributed by atoms with Gasteiger partial charge in [-0.3, -0.25) is 0 Å². The summed E-state index contributed by atoms with van der Waals surface area (Å²) >= 11 is 0. The summed E-state index contributed by atoms with van der Waals surface area (Å²) in [6.07, 6.45) is 3.86. The zero-order valence-corrected chi connectivity index (χ0v) is 13.2. The number of benzene rings is 1. The van der Waals surface area contributed by atoms with Gasteiger partial charge in [-0.2, -0.15) is 5.26 Å². The molecule has 1 aliphatic heterocycles. The lowest BCUT2D eigenvalue weighted by molar-refractivity contribution is 0.211. The van der Waals surface area contributed by atoms with Gasteiger partial charge in [0.1, 0.15) is 17.6 Å². The van der Waals surface area contributed by atoms with Crippen LogP contribution in [0.25, 0.3) is 0 Å². The van der Waals surface area contributed by atoms with Gasteiger partial charge in [0, 0.05) is 24.7 Å². The highest BCUT2D eigenvalue weighted by Gasteiger charge is 2.15. The third-order valence-electron chi connectivity index (χ3n) is 3.89. The van der Waals surface area contributed by atoms with Crippen molar-refractivity contribution in [3.8, 4) is 23.4 Å². The maximum Gasteiger partial charge on any atom is 0.262 e.